The van der Waals surface area contributed by atoms with Crippen molar-refractivity contribution >= 4 is 23.4 Å². The van der Waals surface area contributed by atoms with Crippen molar-refractivity contribution in [2.24, 2.45) is 0 Å². The summed E-state index contributed by atoms with van der Waals surface area (Å²) in [6, 6.07) is 4.53. The quantitative estimate of drug-likeness (QED) is 0.394. The third kappa shape index (κ3) is 2.78. The molecule has 0 saturated heterocycles. The number of anilines is 1. The molecule has 19 heavy (non-hydrogen) atoms. The van der Waals surface area contributed by atoms with Crippen LogP contribution in [0.25, 0.3) is 0 Å². The molecule has 0 radical (unpaired) electrons. The largest absolute Gasteiger partial charge is 0.325 e. The highest BCUT2D eigenvalue weighted by Crippen LogP contribution is 2.20. The zero-order chi connectivity index (χ0) is 13.8. The van der Waals surface area contributed by atoms with Crippen LogP contribution >= 0.6 is 0 Å². The molecule has 6 nitrogen and oxygen atoms in total. The predicted molar refractivity (Wildman–Crippen MR) is 68.6 cm³/mol. The van der Waals surface area contributed by atoms with E-state index in [2.05, 4.69) is 21.9 Å². The number of rotatable bonds is 4. The minimum Gasteiger partial charge on any atom is -0.325 e. The number of carbonyl (C=O) groups is 3. The summed E-state index contributed by atoms with van der Waals surface area (Å²) < 4.78 is 0. The van der Waals surface area contributed by atoms with E-state index >= 15 is 0 Å². The standard InChI is InChI=1S/C13H11N3O3/c1-2-5-14-7-11(17)15-8-3-4-9-10(6-8)13(19)16-12(9)18/h1,3-4,6,14H,5,7H2,(H,15,17)(H,16,18,19). The maximum absolute atomic E-state index is 11.5. The molecule has 1 aliphatic rings. The summed E-state index contributed by atoms with van der Waals surface area (Å²) in [6.07, 6.45) is 5.04. The third-order valence-corrected chi connectivity index (χ3v) is 2.53. The molecule has 96 valence electrons. The van der Waals surface area contributed by atoms with Gasteiger partial charge in [-0.25, -0.2) is 0 Å². The number of fused-ring (bicyclic) bond motifs is 1. The van der Waals surface area contributed by atoms with Crippen LogP contribution in [0.15, 0.2) is 18.2 Å². The summed E-state index contributed by atoms with van der Waals surface area (Å²) in [6.45, 7) is 0.376. The predicted octanol–water partition coefficient (Wildman–Crippen LogP) is -0.269. The second-order valence-electron chi connectivity index (χ2n) is 3.90. The van der Waals surface area contributed by atoms with E-state index < -0.39 is 11.8 Å². The number of amides is 3. The average Bonchev–Trinajstić information content (AvgIpc) is 2.65. The smallest absolute Gasteiger partial charge is 0.259 e. The van der Waals surface area contributed by atoms with Crippen molar-refractivity contribution in [2.45, 2.75) is 0 Å². The van der Waals surface area contributed by atoms with Crippen LogP contribution in [0.3, 0.4) is 0 Å². The second kappa shape index (κ2) is 5.33. The second-order valence-corrected chi connectivity index (χ2v) is 3.90. The van der Waals surface area contributed by atoms with E-state index in [1.807, 2.05) is 0 Å². The molecule has 6 heteroatoms. The first-order chi connectivity index (χ1) is 9.11. The van der Waals surface area contributed by atoms with Gasteiger partial charge in [0.1, 0.15) is 0 Å². The molecule has 0 spiro atoms. The maximum atomic E-state index is 11.5. The molecule has 1 aliphatic heterocycles. The van der Waals surface area contributed by atoms with Gasteiger partial charge in [-0.3, -0.25) is 25.0 Å². The van der Waals surface area contributed by atoms with E-state index in [0.29, 0.717) is 17.8 Å². The number of hydrogen-bond donors (Lipinski definition) is 3. The minimum absolute atomic E-state index is 0.0758. The molecule has 1 aromatic carbocycles. The number of imide groups is 1. The van der Waals surface area contributed by atoms with Crippen molar-refractivity contribution in [3.63, 3.8) is 0 Å². The van der Waals surface area contributed by atoms with Crippen molar-refractivity contribution in [2.75, 3.05) is 18.4 Å². The molecule has 3 amide bonds. The number of carbonyl (C=O) groups excluding carboxylic acids is 3. The molecule has 0 unspecified atom stereocenters. The Bertz CT molecular complexity index is 602. The van der Waals surface area contributed by atoms with E-state index in [0.717, 1.165) is 0 Å². The summed E-state index contributed by atoms with van der Waals surface area (Å²) in [7, 11) is 0. The number of terminal acetylenes is 1. The lowest BCUT2D eigenvalue weighted by Crippen LogP contribution is -2.28. The molecule has 0 atom stereocenters. The number of benzene rings is 1. The lowest BCUT2D eigenvalue weighted by molar-refractivity contribution is -0.115. The van der Waals surface area contributed by atoms with Gasteiger partial charge < -0.3 is 5.32 Å². The zero-order valence-electron chi connectivity index (χ0n) is 9.95. The van der Waals surface area contributed by atoms with Gasteiger partial charge in [0.25, 0.3) is 11.8 Å². The summed E-state index contributed by atoms with van der Waals surface area (Å²) in [5, 5.41) is 7.53. The molecule has 2 rings (SSSR count). The Balaban J connectivity index is 2.05. The fourth-order valence-corrected chi connectivity index (χ4v) is 1.70. The Morgan fingerprint density at radius 1 is 1.26 bits per heavy atom. The maximum Gasteiger partial charge on any atom is 0.259 e. The van der Waals surface area contributed by atoms with E-state index in [1.54, 1.807) is 6.07 Å². The van der Waals surface area contributed by atoms with Crippen molar-refractivity contribution in [1.82, 2.24) is 10.6 Å². The van der Waals surface area contributed by atoms with Crippen molar-refractivity contribution < 1.29 is 14.4 Å². The number of hydrogen-bond acceptors (Lipinski definition) is 4. The molecule has 1 heterocycles. The molecule has 1 aromatic rings. The van der Waals surface area contributed by atoms with Gasteiger partial charge >= 0.3 is 0 Å². The SMILES string of the molecule is C#CCNCC(=O)Nc1ccc2c(c1)C(=O)NC2=O. The van der Waals surface area contributed by atoms with Crippen LogP contribution in [0, 0.1) is 12.3 Å². The highest BCUT2D eigenvalue weighted by molar-refractivity contribution is 6.22. The molecule has 3 N–H and O–H groups in total. The average molecular weight is 257 g/mol. The van der Waals surface area contributed by atoms with E-state index in [-0.39, 0.29) is 18.0 Å². The van der Waals surface area contributed by atoms with Gasteiger partial charge in [0.2, 0.25) is 5.91 Å². The lowest BCUT2D eigenvalue weighted by atomic mass is 10.1. The van der Waals surface area contributed by atoms with Crippen LogP contribution in [-0.2, 0) is 4.79 Å². The minimum atomic E-state index is -0.457. The van der Waals surface area contributed by atoms with Crippen molar-refractivity contribution in [3.05, 3.63) is 29.3 Å². The van der Waals surface area contributed by atoms with Crippen LogP contribution in [0.1, 0.15) is 20.7 Å². The monoisotopic (exact) mass is 257 g/mol. The number of nitrogens with one attached hydrogen (secondary N) is 3. The van der Waals surface area contributed by atoms with E-state index in [9.17, 15) is 14.4 Å². The summed E-state index contributed by atoms with van der Waals surface area (Å²) >= 11 is 0. The van der Waals surface area contributed by atoms with Crippen molar-refractivity contribution in [1.29, 1.82) is 0 Å². The molecule has 0 aliphatic carbocycles. The zero-order valence-corrected chi connectivity index (χ0v) is 9.95. The molecule has 0 saturated carbocycles. The summed E-state index contributed by atoms with van der Waals surface area (Å²) in [4.78, 5) is 34.3. The van der Waals surface area contributed by atoms with Gasteiger partial charge in [0.15, 0.2) is 0 Å². The van der Waals surface area contributed by atoms with Gasteiger partial charge in [-0.2, -0.15) is 0 Å². The molecule has 0 aromatic heterocycles. The van der Waals surface area contributed by atoms with Crippen LogP contribution in [0.5, 0.6) is 0 Å². The molecular formula is C13H11N3O3. The Morgan fingerprint density at radius 3 is 2.74 bits per heavy atom. The van der Waals surface area contributed by atoms with Gasteiger partial charge in [-0.1, -0.05) is 5.92 Å². The Kier molecular flexibility index (Phi) is 3.59. The highest BCUT2D eigenvalue weighted by atomic mass is 16.2. The van der Waals surface area contributed by atoms with Gasteiger partial charge in [-0.05, 0) is 18.2 Å². The topological polar surface area (TPSA) is 87.3 Å². The molecule has 0 fully saturated rings. The summed E-state index contributed by atoms with van der Waals surface area (Å²) in [5.41, 5.74) is 1.03. The molecule has 0 bridgehead atoms. The molecular weight excluding hydrogens is 246 g/mol. The normalized spacial score (nSPS) is 12.6. The fourth-order valence-electron chi connectivity index (χ4n) is 1.70. The van der Waals surface area contributed by atoms with E-state index in [1.165, 1.54) is 12.1 Å². The fraction of sp³-hybridized carbons (Fsp3) is 0.154. The Morgan fingerprint density at radius 2 is 2.00 bits per heavy atom. The first-order valence-corrected chi connectivity index (χ1v) is 5.55. The van der Waals surface area contributed by atoms with Crippen LogP contribution in [0.4, 0.5) is 5.69 Å². The van der Waals surface area contributed by atoms with Crippen LogP contribution in [0.2, 0.25) is 0 Å². The van der Waals surface area contributed by atoms with Crippen LogP contribution < -0.4 is 16.0 Å². The first kappa shape index (κ1) is 12.8. The Labute approximate surface area is 109 Å². The Hall–Kier alpha value is -2.65. The van der Waals surface area contributed by atoms with Crippen molar-refractivity contribution in [3.8, 4) is 12.3 Å². The highest BCUT2D eigenvalue weighted by Gasteiger charge is 2.26. The third-order valence-electron chi connectivity index (χ3n) is 2.53. The van der Waals surface area contributed by atoms with Crippen LogP contribution in [-0.4, -0.2) is 30.8 Å². The van der Waals surface area contributed by atoms with E-state index in [4.69, 9.17) is 6.42 Å². The summed E-state index contributed by atoms with van der Waals surface area (Å²) in [5.74, 6) is 1.19. The van der Waals surface area contributed by atoms with Gasteiger partial charge in [0.05, 0.1) is 24.2 Å². The van der Waals surface area contributed by atoms with Gasteiger partial charge in [-0.15, -0.1) is 6.42 Å². The lowest BCUT2D eigenvalue weighted by Gasteiger charge is -2.06. The first-order valence-electron chi connectivity index (χ1n) is 5.55. The van der Waals surface area contributed by atoms with Gasteiger partial charge in [0, 0.05) is 5.69 Å².